The maximum absolute atomic E-state index is 9.82. The van der Waals surface area contributed by atoms with E-state index in [1.165, 1.54) is 0 Å². The first-order valence-corrected chi connectivity index (χ1v) is 5.46. The zero-order chi connectivity index (χ0) is 11.8. The van der Waals surface area contributed by atoms with Gasteiger partial charge < -0.3 is 5.11 Å². The van der Waals surface area contributed by atoms with Crippen molar-refractivity contribution in [2.24, 2.45) is 7.05 Å². The fraction of sp³-hybridized carbons (Fsp3) is 0.0714. The minimum absolute atomic E-state index is 0. The summed E-state index contributed by atoms with van der Waals surface area (Å²) in [5.74, 6) is 0.302. The topological polar surface area (TPSA) is 38.0 Å². The van der Waals surface area contributed by atoms with Gasteiger partial charge in [0.15, 0.2) is 0 Å². The number of aryl methyl sites for hydroxylation is 1. The van der Waals surface area contributed by atoms with Crippen LogP contribution in [0.3, 0.4) is 0 Å². The predicted octanol–water partition coefficient (Wildman–Crippen LogP) is 3.79. The van der Waals surface area contributed by atoms with Crippen LogP contribution in [0.5, 0.6) is 5.75 Å². The number of halogens is 2. The molecule has 0 saturated heterocycles. The van der Waals surface area contributed by atoms with Gasteiger partial charge in [-0.1, -0.05) is 24.3 Å². The molecule has 1 N–H and O–H groups in total. The molecule has 1 aromatic heterocycles. The summed E-state index contributed by atoms with van der Waals surface area (Å²) < 4.78 is 1.84. The summed E-state index contributed by atoms with van der Waals surface area (Å²) in [6, 6.07) is 13.4. The highest BCUT2D eigenvalue weighted by Crippen LogP contribution is 2.30. The SMILES string of the molecule is Cl.Cl.Cn1ncc2cc(-c3ccccc3O)ccc21. The molecule has 1 heterocycles. The standard InChI is InChI=1S/C14H12N2O.2ClH/c1-16-13-7-6-10(8-11(13)9-15-16)12-4-2-3-5-14(12)17;;/h2-9,17H,1H3;2*1H. The van der Waals surface area contributed by atoms with Crippen LogP contribution >= 0.6 is 24.8 Å². The van der Waals surface area contributed by atoms with Gasteiger partial charge in [-0.3, -0.25) is 4.68 Å². The molecule has 100 valence electrons. The highest BCUT2D eigenvalue weighted by Gasteiger charge is 2.05. The molecule has 3 aromatic rings. The van der Waals surface area contributed by atoms with Crippen molar-refractivity contribution in [2.45, 2.75) is 0 Å². The van der Waals surface area contributed by atoms with Gasteiger partial charge in [0.05, 0.1) is 11.7 Å². The number of phenolic OH excluding ortho intramolecular Hbond substituents is 1. The third-order valence-corrected chi connectivity index (χ3v) is 2.96. The van der Waals surface area contributed by atoms with E-state index in [0.29, 0.717) is 5.75 Å². The van der Waals surface area contributed by atoms with Gasteiger partial charge in [-0.05, 0) is 23.8 Å². The molecule has 0 fully saturated rings. The third-order valence-electron chi connectivity index (χ3n) is 2.96. The first-order valence-electron chi connectivity index (χ1n) is 5.46. The molecule has 19 heavy (non-hydrogen) atoms. The van der Waals surface area contributed by atoms with Crippen molar-refractivity contribution < 1.29 is 5.11 Å². The number of phenols is 1. The summed E-state index contributed by atoms with van der Waals surface area (Å²) in [7, 11) is 1.92. The van der Waals surface area contributed by atoms with Gasteiger partial charge in [0.1, 0.15) is 5.75 Å². The van der Waals surface area contributed by atoms with Crippen LogP contribution in [0.25, 0.3) is 22.0 Å². The fourth-order valence-electron chi connectivity index (χ4n) is 2.05. The van der Waals surface area contributed by atoms with Crippen LogP contribution in [-0.4, -0.2) is 14.9 Å². The number of hydrogen-bond acceptors (Lipinski definition) is 2. The van der Waals surface area contributed by atoms with E-state index in [0.717, 1.165) is 22.0 Å². The lowest BCUT2D eigenvalue weighted by atomic mass is 10.0. The second-order valence-corrected chi connectivity index (χ2v) is 4.06. The van der Waals surface area contributed by atoms with Gasteiger partial charge in [-0.15, -0.1) is 24.8 Å². The number of rotatable bonds is 1. The zero-order valence-electron chi connectivity index (χ0n) is 10.3. The quantitative estimate of drug-likeness (QED) is 0.742. The second kappa shape index (κ2) is 5.95. The van der Waals surface area contributed by atoms with Crippen molar-refractivity contribution in [3.8, 4) is 16.9 Å². The Morgan fingerprint density at radius 1 is 1.05 bits per heavy atom. The van der Waals surface area contributed by atoms with E-state index in [2.05, 4.69) is 5.10 Å². The average molecular weight is 297 g/mol. The van der Waals surface area contributed by atoms with Crippen molar-refractivity contribution in [3.63, 3.8) is 0 Å². The Morgan fingerprint density at radius 2 is 1.79 bits per heavy atom. The summed E-state index contributed by atoms with van der Waals surface area (Å²) in [5.41, 5.74) is 2.94. The van der Waals surface area contributed by atoms with E-state index in [-0.39, 0.29) is 24.8 Å². The van der Waals surface area contributed by atoms with E-state index in [1.54, 1.807) is 6.07 Å². The van der Waals surface area contributed by atoms with Crippen molar-refractivity contribution >= 4 is 35.7 Å². The smallest absolute Gasteiger partial charge is 0.123 e. The molecule has 0 radical (unpaired) electrons. The lowest BCUT2D eigenvalue weighted by molar-refractivity contribution is 0.477. The number of fused-ring (bicyclic) bond motifs is 1. The Kier molecular flexibility index (Phi) is 4.81. The summed E-state index contributed by atoms with van der Waals surface area (Å²) in [6.07, 6.45) is 1.83. The minimum Gasteiger partial charge on any atom is -0.507 e. The van der Waals surface area contributed by atoms with E-state index in [1.807, 2.05) is 54.3 Å². The summed E-state index contributed by atoms with van der Waals surface area (Å²) >= 11 is 0. The lowest BCUT2D eigenvalue weighted by Gasteiger charge is -2.04. The number of para-hydroxylation sites is 1. The molecule has 0 atom stereocenters. The van der Waals surface area contributed by atoms with E-state index >= 15 is 0 Å². The van der Waals surface area contributed by atoms with Gasteiger partial charge in [0.25, 0.3) is 0 Å². The van der Waals surface area contributed by atoms with Crippen LogP contribution in [0, 0.1) is 0 Å². The second-order valence-electron chi connectivity index (χ2n) is 4.06. The van der Waals surface area contributed by atoms with Crippen molar-refractivity contribution in [3.05, 3.63) is 48.7 Å². The summed E-state index contributed by atoms with van der Waals surface area (Å²) in [5, 5.41) is 15.1. The van der Waals surface area contributed by atoms with Crippen LogP contribution in [0.2, 0.25) is 0 Å². The Bertz CT molecular complexity index is 695. The maximum atomic E-state index is 9.82. The zero-order valence-corrected chi connectivity index (χ0v) is 11.9. The molecule has 0 aliphatic carbocycles. The first kappa shape index (κ1) is 15.3. The molecule has 0 bridgehead atoms. The summed E-state index contributed by atoms with van der Waals surface area (Å²) in [4.78, 5) is 0. The first-order chi connectivity index (χ1) is 8.25. The monoisotopic (exact) mass is 296 g/mol. The van der Waals surface area contributed by atoms with E-state index in [9.17, 15) is 5.11 Å². The molecule has 0 unspecified atom stereocenters. The van der Waals surface area contributed by atoms with Crippen LogP contribution < -0.4 is 0 Å². The maximum Gasteiger partial charge on any atom is 0.123 e. The van der Waals surface area contributed by atoms with Gasteiger partial charge in [0.2, 0.25) is 0 Å². The molecular weight excluding hydrogens is 283 g/mol. The Labute approximate surface area is 123 Å². The van der Waals surface area contributed by atoms with Crippen LogP contribution in [-0.2, 0) is 7.05 Å². The van der Waals surface area contributed by atoms with E-state index in [4.69, 9.17) is 0 Å². The largest absolute Gasteiger partial charge is 0.507 e. The van der Waals surface area contributed by atoms with Crippen LogP contribution in [0.15, 0.2) is 48.7 Å². The molecule has 0 spiro atoms. The molecule has 0 saturated carbocycles. The minimum atomic E-state index is 0. The van der Waals surface area contributed by atoms with Crippen molar-refractivity contribution in [1.82, 2.24) is 9.78 Å². The molecule has 3 nitrogen and oxygen atoms in total. The predicted molar refractivity (Wildman–Crippen MR) is 82.3 cm³/mol. The molecule has 0 amide bonds. The Balaban J connectivity index is 0.000000902. The molecule has 0 aliphatic heterocycles. The van der Waals surface area contributed by atoms with Gasteiger partial charge >= 0.3 is 0 Å². The highest BCUT2D eigenvalue weighted by atomic mass is 35.5. The Hall–Kier alpha value is -1.71. The molecule has 2 aromatic carbocycles. The highest BCUT2D eigenvalue weighted by molar-refractivity contribution is 5.86. The van der Waals surface area contributed by atoms with Gasteiger partial charge in [-0.25, -0.2) is 0 Å². The van der Waals surface area contributed by atoms with Crippen molar-refractivity contribution in [2.75, 3.05) is 0 Å². The van der Waals surface area contributed by atoms with Crippen LogP contribution in [0.4, 0.5) is 0 Å². The normalized spacial score (nSPS) is 9.74. The fourth-order valence-corrected chi connectivity index (χ4v) is 2.05. The molecule has 0 aliphatic rings. The Morgan fingerprint density at radius 3 is 2.53 bits per heavy atom. The van der Waals surface area contributed by atoms with Gasteiger partial charge in [-0.2, -0.15) is 5.10 Å². The van der Waals surface area contributed by atoms with Crippen molar-refractivity contribution in [1.29, 1.82) is 0 Å². The van der Waals surface area contributed by atoms with E-state index < -0.39 is 0 Å². The number of aromatic hydroxyl groups is 1. The average Bonchev–Trinajstić information content (AvgIpc) is 2.71. The molecular formula is C14H14Cl2N2O. The number of hydrogen-bond donors (Lipinski definition) is 1. The third kappa shape index (κ3) is 2.67. The molecule has 3 rings (SSSR count). The number of benzene rings is 2. The van der Waals surface area contributed by atoms with Gasteiger partial charge in [0, 0.05) is 18.0 Å². The summed E-state index contributed by atoms with van der Waals surface area (Å²) in [6.45, 7) is 0. The number of nitrogens with zero attached hydrogens (tertiary/aromatic N) is 2. The number of aromatic nitrogens is 2. The molecule has 5 heteroatoms. The lowest BCUT2D eigenvalue weighted by Crippen LogP contribution is -1.88. The van der Waals surface area contributed by atoms with Crippen LogP contribution in [0.1, 0.15) is 0 Å².